The van der Waals surface area contributed by atoms with E-state index in [9.17, 15) is 0 Å². The number of aromatic nitrogens is 2. The molecule has 1 aromatic heterocycles. The Kier molecular flexibility index (Phi) is 3.58. The second-order valence-electron chi connectivity index (χ2n) is 5.16. The SMILES string of the molecule is Cn1cncc1C1CCNCC1c1ccccc1Cl. The number of aryl methyl sites for hydroxylation is 1. The molecule has 1 fully saturated rings. The van der Waals surface area contributed by atoms with E-state index in [0.717, 1.165) is 24.5 Å². The lowest BCUT2D eigenvalue weighted by atomic mass is 9.79. The van der Waals surface area contributed by atoms with Crippen molar-refractivity contribution < 1.29 is 0 Å². The fraction of sp³-hybridized carbons (Fsp3) is 0.400. The molecule has 2 heterocycles. The molecule has 3 nitrogen and oxygen atoms in total. The third-order valence-electron chi connectivity index (χ3n) is 4.02. The van der Waals surface area contributed by atoms with Gasteiger partial charge in [0.1, 0.15) is 0 Å². The van der Waals surface area contributed by atoms with Gasteiger partial charge in [0.05, 0.1) is 6.33 Å². The Hall–Kier alpha value is -1.32. The summed E-state index contributed by atoms with van der Waals surface area (Å²) >= 11 is 6.37. The standard InChI is InChI=1S/C15H18ClN3/c1-19-10-18-9-15(19)12-6-7-17-8-13(12)11-4-2-3-5-14(11)16/h2-5,9-10,12-13,17H,6-8H2,1H3. The second kappa shape index (κ2) is 5.35. The van der Waals surface area contributed by atoms with Crippen LogP contribution in [0.3, 0.4) is 0 Å². The summed E-state index contributed by atoms with van der Waals surface area (Å²) in [5.74, 6) is 0.895. The van der Waals surface area contributed by atoms with Gasteiger partial charge in [0.25, 0.3) is 0 Å². The average Bonchev–Trinajstić information content (AvgIpc) is 2.86. The van der Waals surface area contributed by atoms with Gasteiger partial charge in [-0.05, 0) is 24.6 Å². The van der Waals surface area contributed by atoms with Crippen molar-refractivity contribution in [2.75, 3.05) is 13.1 Å². The van der Waals surface area contributed by atoms with E-state index in [2.05, 4.69) is 34.0 Å². The highest BCUT2D eigenvalue weighted by Crippen LogP contribution is 2.39. The van der Waals surface area contributed by atoms with Gasteiger partial charge in [-0.2, -0.15) is 0 Å². The molecule has 0 saturated carbocycles. The Balaban J connectivity index is 1.98. The van der Waals surface area contributed by atoms with E-state index in [4.69, 9.17) is 11.6 Å². The van der Waals surface area contributed by atoms with Crippen LogP contribution in [0.15, 0.2) is 36.8 Å². The molecular weight excluding hydrogens is 258 g/mol. The monoisotopic (exact) mass is 275 g/mol. The molecule has 1 aliphatic rings. The molecule has 0 radical (unpaired) electrons. The molecule has 4 heteroatoms. The minimum atomic E-state index is 0.415. The summed E-state index contributed by atoms with van der Waals surface area (Å²) in [6.45, 7) is 2.02. The first-order chi connectivity index (χ1) is 9.27. The number of imidazole rings is 1. The molecule has 100 valence electrons. The third kappa shape index (κ3) is 2.40. The summed E-state index contributed by atoms with van der Waals surface area (Å²) < 4.78 is 2.12. The Morgan fingerprint density at radius 1 is 1.32 bits per heavy atom. The molecule has 19 heavy (non-hydrogen) atoms. The number of halogens is 1. The zero-order valence-electron chi connectivity index (χ0n) is 11.0. The molecule has 2 unspecified atom stereocenters. The van der Waals surface area contributed by atoms with Crippen molar-refractivity contribution in [3.63, 3.8) is 0 Å². The maximum absolute atomic E-state index is 6.37. The molecule has 1 aromatic carbocycles. The Bertz CT molecular complexity index is 564. The molecule has 2 aromatic rings. The van der Waals surface area contributed by atoms with Crippen molar-refractivity contribution in [3.8, 4) is 0 Å². The summed E-state index contributed by atoms with van der Waals surface area (Å²) in [5.41, 5.74) is 2.54. The molecule has 0 amide bonds. The van der Waals surface area contributed by atoms with Gasteiger partial charge in [-0.25, -0.2) is 4.98 Å². The van der Waals surface area contributed by atoms with Crippen LogP contribution in [0, 0.1) is 0 Å². The van der Waals surface area contributed by atoms with Gasteiger partial charge >= 0.3 is 0 Å². The lowest BCUT2D eigenvalue weighted by molar-refractivity contribution is 0.392. The number of nitrogens with zero attached hydrogens (tertiary/aromatic N) is 2. The van der Waals surface area contributed by atoms with Crippen molar-refractivity contribution in [1.82, 2.24) is 14.9 Å². The van der Waals surface area contributed by atoms with E-state index in [1.54, 1.807) is 0 Å². The van der Waals surface area contributed by atoms with Crippen LogP contribution < -0.4 is 5.32 Å². The number of hydrogen-bond donors (Lipinski definition) is 1. The van der Waals surface area contributed by atoms with Gasteiger partial charge < -0.3 is 9.88 Å². The maximum Gasteiger partial charge on any atom is 0.0945 e. The molecule has 1 N–H and O–H groups in total. The van der Waals surface area contributed by atoms with Gasteiger partial charge in [0.2, 0.25) is 0 Å². The molecule has 0 spiro atoms. The van der Waals surface area contributed by atoms with Crippen LogP contribution in [0.4, 0.5) is 0 Å². The van der Waals surface area contributed by atoms with Gasteiger partial charge in [0, 0.05) is 42.3 Å². The molecule has 2 atom stereocenters. The average molecular weight is 276 g/mol. The number of benzene rings is 1. The number of rotatable bonds is 2. The van der Waals surface area contributed by atoms with Gasteiger partial charge in [-0.15, -0.1) is 0 Å². The van der Waals surface area contributed by atoms with E-state index in [1.807, 2.05) is 24.7 Å². The van der Waals surface area contributed by atoms with E-state index in [1.165, 1.54) is 11.3 Å². The quantitative estimate of drug-likeness (QED) is 0.913. The lowest BCUT2D eigenvalue weighted by Gasteiger charge is -2.33. The number of hydrogen-bond acceptors (Lipinski definition) is 2. The van der Waals surface area contributed by atoms with Crippen LogP contribution in [0.5, 0.6) is 0 Å². The predicted molar refractivity (Wildman–Crippen MR) is 77.6 cm³/mol. The van der Waals surface area contributed by atoms with Gasteiger partial charge in [-0.3, -0.25) is 0 Å². The third-order valence-corrected chi connectivity index (χ3v) is 4.36. The fourth-order valence-corrected chi connectivity index (χ4v) is 3.32. The highest BCUT2D eigenvalue weighted by molar-refractivity contribution is 6.31. The lowest BCUT2D eigenvalue weighted by Crippen LogP contribution is -2.34. The summed E-state index contributed by atoms with van der Waals surface area (Å²) in [6.07, 6.45) is 4.98. The first-order valence-electron chi connectivity index (χ1n) is 6.68. The molecule has 0 aliphatic carbocycles. The van der Waals surface area contributed by atoms with Crippen LogP contribution in [0.1, 0.15) is 29.5 Å². The van der Waals surface area contributed by atoms with Crippen LogP contribution in [0.2, 0.25) is 5.02 Å². The fourth-order valence-electron chi connectivity index (χ4n) is 3.04. The summed E-state index contributed by atoms with van der Waals surface area (Å²) in [5, 5.41) is 4.35. The normalized spacial score (nSPS) is 23.5. The van der Waals surface area contributed by atoms with Crippen molar-refractivity contribution in [2.24, 2.45) is 7.05 Å². The van der Waals surface area contributed by atoms with Crippen molar-refractivity contribution in [3.05, 3.63) is 53.1 Å². The van der Waals surface area contributed by atoms with Crippen LogP contribution in [0.25, 0.3) is 0 Å². The molecule has 0 bridgehead atoms. The van der Waals surface area contributed by atoms with E-state index >= 15 is 0 Å². The number of nitrogens with one attached hydrogen (secondary N) is 1. The highest BCUT2D eigenvalue weighted by Gasteiger charge is 2.30. The van der Waals surface area contributed by atoms with Crippen molar-refractivity contribution in [2.45, 2.75) is 18.3 Å². The van der Waals surface area contributed by atoms with E-state index in [0.29, 0.717) is 11.8 Å². The van der Waals surface area contributed by atoms with Crippen LogP contribution >= 0.6 is 11.6 Å². The Morgan fingerprint density at radius 3 is 2.89 bits per heavy atom. The zero-order chi connectivity index (χ0) is 13.2. The molecule has 3 rings (SSSR count). The van der Waals surface area contributed by atoms with Crippen molar-refractivity contribution in [1.29, 1.82) is 0 Å². The highest BCUT2D eigenvalue weighted by atomic mass is 35.5. The minimum absolute atomic E-state index is 0.415. The first-order valence-corrected chi connectivity index (χ1v) is 7.06. The maximum atomic E-state index is 6.37. The largest absolute Gasteiger partial charge is 0.337 e. The Labute approximate surface area is 118 Å². The van der Waals surface area contributed by atoms with Crippen LogP contribution in [-0.4, -0.2) is 22.6 Å². The van der Waals surface area contributed by atoms with E-state index in [-0.39, 0.29) is 0 Å². The summed E-state index contributed by atoms with van der Waals surface area (Å²) in [7, 11) is 2.06. The van der Waals surface area contributed by atoms with Gasteiger partial charge in [0.15, 0.2) is 0 Å². The second-order valence-corrected chi connectivity index (χ2v) is 5.56. The summed E-state index contributed by atoms with van der Waals surface area (Å²) in [4.78, 5) is 4.26. The number of piperidine rings is 1. The minimum Gasteiger partial charge on any atom is -0.337 e. The first kappa shape index (κ1) is 12.7. The molecular formula is C15H18ClN3. The van der Waals surface area contributed by atoms with E-state index < -0.39 is 0 Å². The Morgan fingerprint density at radius 2 is 2.16 bits per heavy atom. The summed E-state index contributed by atoms with van der Waals surface area (Å²) in [6, 6.07) is 8.17. The van der Waals surface area contributed by atoms with Crippen LogP contribution in [-0.2, 0) is 7.05 Å². The van der Waals surface area contributed by atoms with Crippen molar-refractivity contribution >= 4 is 11.6 Å². The topological polar surface area (TPSA) is 29.9 Å². The molecule has 1 aliphatic heterocycles. The predicted octanol–water partition coefficient (Wildman–Crippen LogP) is 2.93. The smallest absolute Gasteiger partial charge is 0.0945 e. The van der Waals surface area contributed by atoms with Gasteiger partial charge in [-0.1, -0.05) is 29.8 Å². The molecule has 1 saturated heterocycles. The zero-order valence-corrected chi connectivity index (χ0v) is 11.8.